The van der Waals surface area contributed by atoms with Crippen LogP contribution in [0.5, 0.6) is 0 Å². The summed E-state index contributed by atoms with van der Waals surface area (Å²) in [6.07, 6.45) is 5.36. The highest BCUT2D eigenvalue weighted by molar-refractivity contribution is 5.65. The second kappa shape index (κ2) is 8.47. The van der Waals surface area contributed by atoms with Gasteiger partial charge in [0.2, 0.25) is 11.9 Å². The Morgan fingerprint density at radius 2 is 1.64 bits per heavy atom. The summed E-state index contributed by atoms with van der Waals surface area (Å²) in [5.74, 6) is 2.32. The Morgan fingerprint density at radius 3 is 2.36 bits per heavy atom. The largest absolute Gasteiger partial charge is 0.353 e. The van der Waals surface area contributed by atoms with Gasteiger partial charge in [0.15, 0.2) is 0 Å². The lowest BCUT2D eigenvalue weighted by Crippen LogP contribution is -2.47. The second-order valence-electron chi connectivity index (χ2n) is 6.49. The third kappa shape index (κ3) is 4.09. The lowest BCUT2D eigenvalue weighted by Gasteiger charge is -2.35. The van der Waals surface area contributed by atoms with Gasteiger partial charge in [-0.2, -0.15) is 4.98 Å². The number of piperazine rings is 1. The predicted octanol–water partition coefficient (Wildman–Crippen LogP) is 2.86. The molecule has 0 bridgehead atoms. The molecule has 3 aromatic rings. The van der Waals surface area contributed by atoms with Crippen LogP contribution in [0.1, 0.15) is 0 Å². The number of benzene rings is 1. The van der Waals surface area contributed by atoms with Crippen molar-refractivity contribution in [1.29, 1.82) is 0 Å². The van der Waals surface area contributed by atoms with E-state index in [0.717, 1.165) is 49.2 Å². The average molecular weight is 373 g/mol. The van der Waals surface area contributed by atoms with Crippen molar-refractivity contribution < 1.29 is 0 Å². The first-order valence-electron chi connectivity index (χ1n) is 9.39. The zero-order valence-corrected chi connectivity index (χ0v) is 15.7. The minimum atomic E-state index is 0.616. The summed E-state index contributed by atoms with van der Waals surface area (Å²) in [7, 11) is 0. The van der Waals surface area contributed by atoms with E-state index in [0.29, 0.717) is 12.5 Å². The number of nitrogens with one attached hydrogen (secondary N) is 1. The minimum absolute atomic E-state index is 0.616. The van der Waals surface area contributed by atoms with Crippen LogP contribution in [0.3, 0.4) is 0 Å². The van der Waals surface area contributed by atoms with Crippen LogP contribution in [0, 0.1) is 0 Å². The van der Waals surface area contributed by atoms with Crippen molar-refractivity contribution in [3.8, 4) is 11.3 Å². The number of hydrogen-bond donors (Lipinski definition) is 1. The van der Waals surface area contributed by atoms with Crippen molar-refractivity contribution in [2.45, 2.75) is 0 Å². The fourth-order valence-corrected chi connectivity index (χ4v) is 3.19. The Kier molecular flexibility index (Phi) is 5.42. The van der Waals surface area contributed by atoms with E-state index in [-0.39, 0.29) is 0 Å². The molecule has 0 spiro atoms. The van der Waals surface area contributed by atoms with E-state index in [1.807, 2.05) is 24.3 Å². The predicted molar refractivity (Wildman–Crippen MR) is 113 cm³/mol. The van der Waals surface area contributed by atoms with E-state index in [2.05, 4.69) is 54.8 Å². The molecule has 0 radical (unpaired) electrons. The van der Waals surface area contributed by atoms with Crippen LogP contribution in [0.25, 0.3) is 11.3 Å². The van der Waals surface area contributed by atoms with E-state index in [4.69, 9.17) is 4.98 Å². The number of anilines is 3. The van der Waals surface area contributed by atoms with Crippen molar-refractivity contribution in [2.24, 2.45) is 0 Å². The van der Waals surface area contributed by atoms with Gasteiger partial charge in [-0.3, -0.25) is 0 Å². The van der Waals surface area contributed by atoms with Gasteiger partial charge in [-0.05, 0) is 6.07 Å². The lowest BCUT2D eigenvalue weighted by atomic mass is 10.1. The third-order valence-corrected chi connectivity index (χ3v) is 4.63. The van der Waals surface area contributed by atoms with Gasteiger partial charge in [-0.1, -0.05) is 36.4 Å². The van der Waals surface area contributed by atoms with Gasteiger partial charge in [0.05, 0.1) is 5.69 Å². The Labute approximate surface area is 164 Å². The fourth-order valence-electron chi connectivity index (χ4n) is 3.19. The quantitative estimate of drug-likeness (QED) is 0.666. The van der Waals surface area contributed by atoms with Gasteiger partial charge < -0.3 is 15.1 Å². The summed E-state index contributed by atoms with van der Waals surface area (Å²) >= 11 is 0. The third-order valence-electron chi connectivity index (χ3n) is 4.63. The van der Waals surface area contributed by atoms with Crippen LogP contribution >= 0.6 is 0 Å². The number of rotatable bonds is 6. The fraction of sp³-hybridized carbons (Fsp3) is 0.238. The summed E-state index contributed by atoms with van der Waals surface area (Å²) in [4.78, 5) is 22.6. The van der Waals surface area contributed by atoms with Crippen molar-refractivity contribution in [3.05, 3.63) is 67.5 Å². The van der Waals surface area contributed by atoms with Crippen LogP contribution in [-0.2, 0) is 0 Å². The standard InChI is InChI=1S/C21H23N7/c1-2-9-22-20-25-18(17-7-4-3-5-8-17)16-19(26-20)27-12-14-28(15-13-27)21-23-10-6-11-24-21/h2-8,10-11,16H,1,9,12-15H2,(H,22,25,26). The van der Waals surface area contributed by atoms with Crippen LogP contribution in [0.4, 0.5) is 17.7 Å². The molecule has 4 rings (SSSR count). The van der Waals surface area contributed by atoms with E-state index < -0.39 is 0 Å². The molecule has 1 fully saturated rings. The lowest BCUT2D eigenvalue weighted by molar-refractivity contribution is 0.634. The summed E-state index contributed by atoms with van der Waals surface area (Å²) in [5, 5.41) is 3.22. The smallest absolute Gasteiger partial charge is 0.225 e. The normalized spacial score (nSPS) is 14.0. The monoisotopic (exact) mass is 373 g/mol. The molecule has 1 aromatic carbocycles. The Morgan fingerprint density at radius 1 is 0.929 bits per heavy atom. The number of nitrogens with zero attached hydrogens (tertiary/aromatic N) is 6. The zero-order chi connectivity index (χ0) is 19.2. The zero-order valence-electron chi connectivity index (χ0n) is 15.7. The molecular weight excluding hydrogens is 350 g/mol. The maximum atomic E-state index is 4.72. The van der Waals surface area contributed by atoms with Gasteiger partial charge in [0.25, 0.3) is 0 Å². The van der Waals surface area contributed by atoms with Crippen molar-refractivity contribution in [2.75, 3.05) is 47.8 Å². The Hall–Kier alpha value is -3.48. The molecule has 0 atom stereocenters. The first-order valence-corrected chi connectivity index (χ1v) is 9.39. The topological polar surface area (TPSA) is 70.1 Å². The summed E-state index contributed by atoms with van der Waals surface area (Å²) < 4.78 is 0. The Balaban J connectivity index is 1.56. The van der Waals surface area contributed by atoms with Gasteiger partial charge >= 0.3 is 0 Å². The number of aromatic nitrogens is 4. The second-order valence-corrected chi connectivity index (χ2v) is 6.49. The van der Waals surface area contributed by atoms with Crippen LogP contribution in [0.15, 0.2) is 67.5 Å². The summed E-state index contributed by atoms with van der Waals surface area (Å²) in [5.41, 5.74) is 1.98. The molecule has 0 amide bonds. The van der Waals surface area contributed by atoms with Gasteiger partial charge in [0, 0.05) is 56.7 Å². The number of hydrogen-bond acceptors (Lipinski definition) is 7. The molecule has 0 unspecified atom stereocenters. The molecule has 3 heterocycles. The molecule has 142 valence electrons. The summed E-state index contributed by atoms with van der Waals surface area (Å²) in [6, 6.07) is 14.1. The molecule has 2 aromatic heterocycles. The van der Waals surface area contributed by atoms with Crippen LogP contribution in [-0.4, -0.2) is 52.7 Å². The van der Waals surface area contributed by atoms with Gasteiger partial charge in [0.1, 0.15) is 5.82 Å². The molecule has 1 aliphatic heterocycles. The molecule has 7 nitrogen and oxygen atoms in total. The van der Waals surface area contributed by atoms with E-state index in [9.17, 15) is 0 Å². The molecule has 28 heavy (non-hydrogen) atoms. The van der Waals surface area contributed by atoms with E-state index >= 15 is 0 Å². The van der Waals surface area contributed by atoms with Crippen LogP contribution in [0.2, 0.25) is 0 Å². The van der Waals surface area contributed by atoms with E-state index in [1.165, 1.54) is 0 Å². The SMILES string of the molecule is C=CCNc1nc(-c2ccccc2)cc(N2CCN(c3ncccn3)CC2)n1. The molecule has 0 saturated carbocycles. The summed E-state index contributed by atoms with van der Waals surface area (Å²) in [6.45, 7) is 7.79. The van der Waals surface area contributed by atoms with Gasteiger partial charge in [-0.15, -0.1) is 6.58 Å². The first-order chi connectivity index (χ1) is 13.8. The maximum Gasteiger partial charge on any atom is 0.225 e. The first kappa shape index (κ1) is 17.9. The highest BCUT2D eigenvalue weighted by Crippen LogP contribution is 2.24. The Bertz CT molecular complexity index is 907. The molecule has 1 saturated heterocycles. The average Bonchev–Trinajstić information content (AvgIpc) is 2.79. The molecule has 7 heteroatoms. The van der Waals surface area contributed by atoms with Crippen LogP contribution < -0.4 is 15.1 Å². The van der Waals surface area contributed by atoms with Crippen molar-refractivity contribution in [1.82, 2.24) is 19.9 Å². The molecule has 1 N–H and O–H groups in total. The van der Waals surface area contributed by atoms with Crippen molar-refractivity contribution >= 4 is 17.7 Å². The highest BCUT2D eigenvalue weighted by Gasteiger charge is 2.21. The molecule has 1 aliphatic rings. The van der Waals surface area contributed by atoms with E-state index in [1.54, 1.807) is 18.5 Å². The molecule has 0 aliphatic carbocycles. The maximum absolute atomic E-state index is 4.72. The minimum Gasteiger partial charge on any atom is -0.353 e. The molecular formula is C21H23N7. The van der Waals surface area contributed by atoms with Gasteiger partial charge in [-0.25, -0.2) is 15.0 Å². The van der Waals surface area contributed by atoms with Crippen molar-refractivity contribution in [3.63, 3.8) is 0 Å². The highest BCUT2D eigenvalue weighted by atomic mass is 15.3.